The van der Waals surface area contributed by atoms with Crippen molar-refractivity contribution in [3.05, 3.63) is 234 Å². The van der Waals surface area contributed by atoms with Crippen LogP contribution in [0, 0.1) is 26.6 Å². The molecule has 0 aliphatic carbocycles. The molecule has 0 N–H and O–H groups in total. The van der Waals surface area contributed by atoms with Gasteiger partial charge in [0.2, 0.25) is 5.88 Å². The van der Waals surface area contributed by atoms with Crippen LogP contribution in [0.2, 0.25) is 20.4 Å². The first-order valence-electron chi connectivity index (χ1n) is 31.3. The maximum absolute atomic E-state index is 12.4. The molecule has 0 spiro atoms. The molecule has 0 amide bonds. The van der Waals surface area contributed by atoms with Gasteiger partial charge in [-0.2, -0.15) is 13.2 Å². The first-order chi connectivity index (χ1) is 42.6. The van der Waals surface area contributed by atoms with Crippen LogP contribution in [0.1, 0.15) is 234 Å². The van der Waals surface area contributed by atoms with E-state index < -0.39 is 11.9 Å². The average molecular weight is 1380 g/mol. The Hall–Kier alpha value is -6.05. The van der Waals surface area contributed by atoms with Gasteiger partial charge < -0.3 is 4.74 Å². The second kappa shape index (κ2) is 36.3. The van der Waals surface area contributed by atoms with Crippen molar-refractivity contribution in [2.75, 3.05) is 7.11 Å². The van der Waals surface area contributed by atoms with Crippen molar-refractivity contribution in [2.45, 2.75) is 236 Å². The van der Waals surface area contributed by atoms with Gasteiger partial charge in [-0.1, -0.05) is 243 Å². The van der Waals surface area contributed by atoms with Crippen molar-refractivity contribution >= 4 is 46.4 Å². The Morgan fingerprint density at radius 3 is 1.11 bits per heavy atom. The molecule has 0 radical (unpaired) electrons. The fourth-order valence-electron chi connectivity index (χ4n) is 8.20. The van der Waals surface area contributed by atoms with Crippen molar-refractivity contribution in [1.29, 1.82) is 0 Å². The van der Waals surface area contributed by atoms with Gasteiger partial charge >= 0.3 is 6.18 Å². The highest BCUT2D eigenvalue weighted by Crippen LogP contribution is 2.33. The minimum absolute atomic E-state index is 0.00764. The lowest BCUT2D eigenvalue weighted by Crippen LogP contribution is -2.14. The summed E-state index contributed by atoms with van der Waals surface area (Å²) >= 11 is 23.2. The van der Waals surface area contributed by atoms with Crippen LogP contribution in [0.4, 0.5) is 17.6 Å². The molecule has 0 saturated heterocycles. The zero-order chi connectivity index (χ0) is 72.8. The predicted octanol–water partition coefficient (Wildman–Crippen LogP) is 24.3. The first-order valence-corrected chi connectivity index (χ1v) is 32.8. The lowest BCUT2D eigenvalue weighted by atomic mass is 9.86. The zero-order valence-electron chi connectivity index (χ0n) is 61.3. The summed E-state index contributed by atoms with van der Waals surface area (Å²) in [6.07, 6.45) is 5.53. The number of nitrogens with zero attached hydrogens (tertiary/aromatic N) is 7. The maximum atomic E-state index is 12.4. The summed E-state index contributed by atoms with van der Waals surface area (Å²) in [5.74, 6) is 0.406. The maximum Gasteiger partial charge on any atom is 0.433 e. The van der Waals surface area contributed by atoms with Crippen LogP contribution in [0.25, 0.3) is 0 Å². The number of benzene rings is 1. The summed E-state index contributed by atoms with van der Waals surface area (Å²) in [4.78, 5) is 28.3. The first kappa shape index (κ1) is 86.0. The zero-order valence-corrected chi connectivity index (χ0v) is 64.4. The Kier molecular flexibility index (Phi) is 33.2. The summed E-state index contributed by atoms with van der Waals surface area (Å²) in [6.45, 7) is 57.0. The minimum Gasteiger partial charge on any atom is -0.481 e. The lowest BCUT2D eigenvalue weighted by Gasteiger charge is -2.20. The molecule has 0 aliphatic heterocycles. The predicted molar refractivity (Wildman–Crippen MR) is 391 cm³/mol. The van der Waals surface area contributed by atoms with E-state index in [0.717, 1.165) is 50.0 Å². The van der Waals surface area contributed by atoms with Gasteiger partial charge in [-0.25, -0.2) is 19.3 Å². The smallest absolute Gasteiger partial charge is 0.433 e. The molecule has 8 nitrogen and oxygen atoms in total. The van der Waals surface area contributed by atoms with E-state index in [1.165, 1.54) is 52.3 Å². The molecule has 516 valence electrons. The number of alkyl halides is 3. The summed E-state index contributed by atoms with van der Waals surface area (Å²) in [6, 6.07) is 31.2. The van der Waals surface area contributed by atoms with E-state index in [0.29, 0.717) is 16.2 Å². The van der Waals surface area contributed by atoms with Crippen molar-refractivity contribution < 1.29 is 22.3 Å². The van der Waals surface area contributed by atoms with Crippen LogP contribution in [0.5, 0.6) is 5.88 Å². The number of methoxy groups -OCH3 is 1. The van der Waals surface area contributed by atoms with Gasteiger partial charge in [0.15, 0.2) is 0 Å². The van der Waals surface area contributed by atoms with Crippen molar-refractivity contribution in [3.63, 3.8) is 0 Å². The number of aryl methyl sites for hydroxylation is 3. The highest BCUT2D eigenvalue weighted by molar-refractivity contribution is 6.33. The third kappa shape index (κ3) is 33.1. The number of hydrogen-bond donors (Lipinski definition) is 0. The summed E-state index contributed by atoms with van der Waals surface area (Å²) in [5, 5.41) is 2.63. The lowest BCUT2D eigenvalue weighted by molar-refractivity contribution is -0.141. The molecule has 1 aromatic carbocycles. The van der Waals surface area contributed by atoms with Crippen molar-refractivity contribution in [2.24, 2.45) is 0 Å². The van der Waals surface area contributed by atoms with Gasteiger partial charge in [-0.15, -0.1) is 0 Å². The van der Waals surface area contributed by atoms with Crippen LogP contribution in [0.3, 0.4) is 0 Å². The fourth-order valence-corrected chi connectivity index (χ4v) is 9.00. The monoisotopic (exact) mass is 1370 g/mol. The van der Waals surface area contributed by atoms with Gasteiger partial charge in [0.25, 0.3) is 0 Å². The van der Waals surface area contributed by atoms with E-state index in [-0.39, 0.29) is 49.1 Å². The second-order valence-electron chi connectivity index (χ2n) is 31.0. The average Bonchev–Trinajstić information content (AvgIpc) is 0.903. The number of halogens is 8. The van der Waals surface area contributed by atoms with Crippen molar-refractivity contribution in [3.8, 4) is 5.88 Å². The Morgan fingerprint density at radius 1 is 0.362 bits per heavy atom. The molecule has 8 aromatic rings. The number of ether oxygens (including phenoxy) is 1. The number of rotatable bonds is 1. The highest BCUT2D eigenvalue weighted by Gasteiger charge is 2.32. The Labute approximate surface area is 583 Å². The quantitative estimate of drug-likeness (QED) is 0.118. The normalized spacial score (nSPS) is 11.8. The Morgan fingerprint density at radius 2 is 0.798 bits per heavy atom. The van der Waals surface area contributed by atoms with E-state index in [4.69, 9.17) is 51.1 Å². The second-order valence-corrected chi connectivity index (χ2v) is 32.6. The molecular formula is C78H107Cl4F4N7O. The van der Waals surface area contributed by atoms with E-state index in [1.54, 1.807) is 19.2 Å². The van der Waals surface area contributed by atoms with Crippen LogP contribution in [0.15, 0.2) is 140 Å². The van der Waals surface area contributed by atoms with E-state index in [9.17, 15) is 17.6 Å². The summed E-state index contributed by atoms with van der Waals surface area (Å²) in [5.41, 5.74) is 12.4. The number of aromatic nitrogens is 7. The molecule has 16 heteroatoms. The molecule has 0 saturated carbocycles. The van der Waals surface area contributed by atoms with Crippen LogP contribution < -0.4 is 4.74 Å². The Balaban J connectivity index is 0.000000538. The van der Waals surface area contributed by atoms with Crippen LogP contribution in [-0.2, 0) is 49.5 Å². The van der Waals surface area contributed by atoms with Gasteiger partial charge in [0.1, 0.15) is 21.8 Å². The minimum atomic E-state index is -4.35. The highest BCUT2D eigenvalue weighted by atomic mass is 35.5. The topological polar surface area (TPSA) is 99.5 Å². The molecule has 0 fully saturated rings. The van der Waals surface area contributed by atoms with Crippen molar-refractivity contribution in [1.82, 2.24) is 34.9 Å². The standard InChI is InChI=1S/C11H17NO.C10H12Cl2.C10H12F3N.2C10H15N.2C9H12ClN.C9H12FN/c1-8-9(11(2,3)4)6-7-10(12-8)13-5;1-10(2,3)8-6-7(11)4-5-9(8)12;1-9(2,3)7-4-5-8(14-6-7)10(11,12)13;1-8-5-6-11-9(7-8)10(2,3)4;1-8-9(10(2,3)4)6-5-7-11-8;2*1-9(2,3)7-4-5-8(10)11-6-7;1-9(2,3)8-5-4-7(10)6-11-8/h6-7H,1-5H3;4-6H,1-3H3;4-6H,1-3H3;2*5-7H,1-4H3;3*4-6H,1-3H3. The van der Waals surface area contributed by atoms with E-state index in [2.05, 4.69) is 192 Å². The van der Waals surface area contributed by atoms with Crippen LogP contribution >= 0.6 is 46.4 Å². The van der Waals surface area contributed by atoms with Gasteiger partial charge in [-0.05, 0) is 159 Å². The van der Waals surface area contributed by atoms with E-state index >= 15 is 0 Å². The largest absolute Gasteiger partial charge is 0.481 e. The third-order valence-corrected chi connectivity index (χ3v) is 14.9. The molecule has 7 aromatic heterocycles. The molecule has 0 unspecified atom stereocenters. The molecule has 94 heavy (non-hydrogen) atoms. The SMILES string of the molecule is CC(C)(C)c1cc(Cl)ccc1Cl.CC(C)(C)c1ccc(C(F)(F)F)nc1.CC(C)(C)c1ccc(Cl)nc1.CC(C)(C)c1ccc(Cl)nc1.CC(C)(C)c1ccc(F)cn1.COc1ccc(C(C)(C)C)c(C)n1.Cc1ccnc(C(C)(C)C)c1.Cc1ncccc1C(C)(C)C. The van der Waals surface area contributed by atoms with Crippen LogP contribution in [-0.4, -0.2) is 42.0 Å². The molecule has 7 heterocycles. The van der Waals surface area contributed by atoms with Gasteiger partial charge in [0.05, 0.1) is 13.3 Å². The molecule has 8 rings (SSSR count). The number of pyridine rings is 7. The Bertz CT molecular complexity index is 3340. The molecule has 0 aliphatic rings. The third-order valence-electron chi connectivity index (χ3n) is 13.9. The van der Waals surface area contributed by atoms with Gasteiger partial charge in [-0.3, -0.25) is 19.9 Å². The van der Waals surface area contributed by atoms with E-state index in [1.807, 2.05) is 128 Å². The fraction of sp³-hybridized carbons (Fsp3) is 0.474. The molecule has 0 atom stereocenters. The molecule has 0 bridgehead atoms. The van der Waals surface area contributed by atoms with Gasteiger partial charge in [0, 0.05) is 80.7 Å². The number of hydrogen-bond acceptors (Lipinski definition) is 8. The summed E-state index contributed by atoms with van der Waals surface area (Å²) < 4.78 is 53.9. The molecular weight excluding hydrogens is 1270 g/mol. The summed E-state index contributed by atoms with van der Waals surface area (Å²) in [7, 11) is 1.64.